The zero-order chi connectivity index (χ0) is 20.5. The molecule has 1 aromatic carbocycles. The molecule has 1 unspecified atom stereocenters. The Morgan fingerprint density at radius 3 is 2.67 bits per heavy atom. The van der Waals surface area contributed by atoms with Crippen LogP contribution in [0.2, 0.25) is 0 Å². The predicted molar refractivity (Wildman–Crippen MR) is 113 cm³/mol. The topological polar surface area (TPSA) is 88.7 Å². The highest BCUT2D eigenvalue weighted by atomic mass is 16.2. The molecule has 1 N–H and O–H groups in total. The lowest BCUT2D eigenvalue weighted by molar-refractivity contribution is -0.119. The zero-order valence-corrected chi connectivity index (χ0v) is 16.4. The minimum Gasteiger partial charge on any atom is -0.322 e. The average Bonchev–Trinajstić information content (AvgIpc) is 3.47. The standard InChI is InChI=1S/C23H21N5O2/c29-22(16-13-24-28(14-16)18-5-1-2-6-18)25-17-11-9-15(10-12-17)21-19-7-3-4-8-20(19)23(30)27-26-21/h3-4,7-14,18,20H,1-2,5-6H2,(H,25,29). The Hall–Kier alpha value is -3.61. The van der Waals surface area contributed by atoms with Gasteiger partial charge in [0.25, 0.3) is 11.8 Å². The Morgan fingerprint density at radius 1 is 1.07 bits per heavy atom. The highest BCUT2D eigenvalue weighted by molar-refractivity contribution is 6.04. The zero-order valence-electron chi connectivity index (χ0n) is 16.4. The van der Waals surface area contributed by atoms with E-state index in [0.717, 1.165) is 24.0 Å². The van der Waals surface area contributed by atoms with Crippen LogP contribution < -0.4 is 5.32 Å². The van der Waals surface area contributed by atoms with Crippen LogP contribution in [0.15, 0.2) is 76.8 Å². The van der Waals surface area contributed by atoms with Crippen molar-refractivity contribution < 1.29 is 9.59 Å². The molecule has 1 saturated carbocycles. The number of fused-ring (bicyclic) bond motifs is 1. The lowest BCUT2D eigenvalue weighted by Crippen LogP contribution is -2.17. The summed E-state index contributed by atoms with van der Waals surface area (Å²) in [4.78, 5) is 24.6. The number of nitrogens with one attached hydrogen (secondary N) is 1. The van der Waals surface area contributed by atoms with Gasteiger partial charge in [-0.05, 0) is 30.5 Å². The van der Waals surface area contributed by atoms with Crippen molar-refractivity contribution in [1.29, 1.82) is 0 Å². The third-order valence-electron chi connectivity index (χ3n) is 5.79. The van der Waals surface area contributed by atoms with Crippen molar-refractivity contribution in [3.63, 3.8) is 0 Å². The van der Waals surface area contributed by atoms with Gasteiger partial charge < -0.3 is 5.32 Å². The third kappa shape index (κ3) is 3.43. The number of anilines is 1. The summed E-state index contributed by atoms with van der Waals surface area (Å²) in [6.07, 6.45) is 15.6. The summed E-state index contributed by atoms with van der Waals surface area (Å²) in [5, 5.41) is 15.2. The molecule has 7 nitrogen and oxygen atoms in total. The fraction of sp³-hybridized carbons (Fsp3) is 0.261. The number of benzene rings is 1. The molecule has 1 aliphatic heterocycles. The first-order valence-electron chi connectivity index (χ1n) is 10.2. The third-order valence-corrected chi connectivity index (χ3v) is 5.79. The molecule has 30 heavy (non-hydrogen) atoms. The van der Waals surface area contributed by atoms with Gasteiger partial charge in [0.2, 0.25) is 0 Å². The largest absolute Gasteiger partial charge is 0.322 e. The summed E-state index contributed by atoms with van der Waals surface area (Å²) in [5.41, 5.74) is 3.60. The summed E-state index contributed by atoms with van der Waals surface area (Å²) in [6, 6.07) is 7.80. The second kappa shape index (κ2) is 7.67. The fourth-order valence-electron chi connectivity index (χ4n) is 4.17. The van der Waals surface area contributed by atoms with Crippen molar-refractivity contribution in [2.75, 3.05) is 5.32 Å². The molecule has 1 atom stereocenters. The monoisotopic (exact) mass is 399 g/mol. The quantitative estimate of drug-likeness (QED) is 0.808. The van der Waals surface area contributed by atoms with Gasteiger partial charge in [0.1, 0.15) is 0 Å². The van der Waals surface area contributed by atoms with Gasteiger partial charge in [-0.1, -0.05) is 49.3 Å². The van der Waals surface area contributed by atoms with Crippen molar-refractivity contribution in [2.24, 2.45) is 16.1 Å². The van der Waals surface area contributed by atoms with Crippen LogP contribution in [0.3, 0.4) is 0 Å². The van der Waals surface area contributed by atoms with Gasteiger partial charge in [-0.3, -0.25) is 14.3 Å². The molecule has 0 saturated heterocycles. The van der Waals surface area contributed by atoms with E-state index in [4.69, 9.17) is 0 Å². The summed E-state index contributed by atoms with van der Waals surface area (Å²) in [6.45, 7) is 0. The molecule has 2 aromatic rings. The Morgan fingerprint density at radius 2 is 1.87 bits per heavy atom. The van der Waals surface area contributed by atoms with E-state index in [1.54, 1.807) is 6.20 Å². The number of allylic oxidation sites excluding steroid dienone is 3. The number of carbonyl (C=O) groups excluding carboxylic acids is 2. The van der Waals surface area contributed by atoms with E-state index in [1.165, 1.54) is 12.8 Å². The summed E-state index contributed by atoms with van der Waals surface area (Å²) < 4.78 is 1.91. The molecule has 3 aliphatic rings. The van der Waals surface area contributed by atoms with Crippen molar-refractivity contribution in [1.82, 2.24) is 9.78 Å². The van der Waals surface area contributed by atoms with Crippen LogP contribution in [0.25, 0.3) is 5.70 Å². The molecule has 0 radical (unpaired) electrons. The second-order valence-electron chi connectivity index (χ2n) is 7.74. The number of rotatable bonds is 4. The van der Waals surface area contributed by atoms with Gasteiger partial charge in [-0.25, -0.2) is 0 Å². The molecule has 5 rings (SSSR count). The lowest BCUT2D eigenvalue weighted by Gasteiger charge is -2.19. The first kappa shape index (κ1) is 18.4. The number of nitrogens with zero attached hydrogens (tertiary/aromatic N) is 4. The molecule has 1 aromatic heterocycles. The van der Waals surface area contributed by atoms with Gasteiger partial charge in [0.15, 0.2) is 0 Å². The molecule has 0 bridgehead atoms. The SMILES string of the molecule is O=C(Nc1ccc(C2=C3C=CC=CC3C(=O)N=N2)cc1)c1cnn(C2CCCC2)c1. The molecule has 1 fully saturated rings. The molecular weight excluding hydrogens is 378 g/mol. The number of carbonyl (C=O) groups is 2. The minimum atomic E-state index is -0.377. The van der Waals surface area contributed by atoms with Crippen LogP contribution >= 0.6 is 0 Å². The highest BCUT2D eigenvalue weighted by Gasteiger charge is 2.27. The molecule has 7 heteroatoms. The maximum atomic E-state index is 12.6. The molecule has 2 aliphatic carbocycles. The van der Waals surface area contributed by atoms with E-state index >= 15 is 0 Å². The van der Waals surface area contributed by atoms with Gasteiger partial charge in [0, 0.05) is 17.4 Å². The fourth-order valence-corrected chi connectivity index (χ4v) is 4.17. The van der Waals surface area contributed by atoms with Gasteiger partial charge in [-0.2, -0.15) is 5.10 Å². The van der Waals surface area contributed by atoms with Crippen LogP contribution in [0.4, 0.5) is 5.69 Å². The maximum absolute atomic E-state index is 12.6. The summed E-state index contributed by atoms with van der Waals surface area (Å²) in [7, 11) is 0. The Balaban J connectivity index is 1.31. The average molecular weight is 399 g/mol. The number of hydrogen-bond acceptors (Lipinski definition) is 4. The first-order valence-corrected chi connectivity index (χ1v) is 10.2. The lowest BCUT2D eigenvalue weighted by atomic mass is 9.89. The van der Waals surface area contributed by atoms with Gasteiger partial charge in [0.05, 0.1) is 29.4 Å². The number of aromatic nitrogens is 2. The van der Waals surface area contributed by atoms with Crippen molar-refractivity contribution in [3.05, 3.63) is 77.7 Å². The van der Waals surface area contributed by atoms with Crippen LogP contribution in [-0.2, 0) is 4.79 Å². The summed E-state index contributed by atoms with van der Waals surface area (Å²) in [5.74, 6) is -0.813. The van der Waals surface area contributed by atoms with E-state index in [2.05, 4.69) is 20.6 Å². The highest BCUT2D eigenvalue weighted by Crippen LogP contribution is 2.34. The maximum Gasteiger partial charge on any atom is 0.276 e. The Labute approximate surface area is 173 Å². The number of azo groups is 1. The molecule has 2 heterocycles. The van der Waals surface area contributed by atoms with Crippen molar-refractivity contribution in [2.45, 2.75) is 31.7 Å². The number of hydrogen-bond donors (Lipinski definition) is 1. The Bertz CT molecular complexity index is 1110. The van der Waals surface area contributed by atoms with Gasteiger partial charge in [-0.15, -0.1) is 10.2 Å². The summed E-state index contributed by atoms with van der Waals surface area (Å²) >= 11 is 0. The van der Waals surface area contributed by atoms with Gasteiger partial charge >= 0.3 is 0 Å². The first-order chi connectivity index (χ1) is 14.7. The smallest absolute Gasteiger partial charge is 0.276 e. The van der Waals surface area contributed by atoms with Crippen LogP contribution in [0, 0.1) is 5.92 Å². The second-order valence-corrected chi connectivity index (χ2v) is 7.74. The van der Waals surface area contributed by atoms with E-state index in [9.17, 15) is 9.59 Å². The molecule has 0 spiro atoms. The Kier molecular flexibility index (Phi) is 4.71. The van der Waals surface area contributed by atoms with Crippen molar-refractivity contribution in [3.8, 4) is 0 Å². The van der Waals surface area contributed by atoms with Crippen LogP contribution in [-0.4, -0.2) is 21.6 Å². The predicted octanol–water partition coefficient (Wildman–Crippen LogP) is 4.70. The van der Waals surface area contributed by atoms with Crippen LogP contribution in [0.5, 0.6) is 0 Å². The van der Waals surface area contributed by atoms with Crippen LogP contribution in [0.1, 0.15) is 47.6 Å². The molecule has 150 valence electrons. The van der Waals surface area contributed by atoms with E-state index in [0.29, 0.717) is 23.0 Å². The molecule has 2 amide bonds. The van der Waals surface area contributed by atoms with E-state index < -0.39 is 0 Å². The normalized spacial score (nSPS) is 20.7. The number of amides is 2. The van der Waals surface area contributed by atoms with Crippen molar-refractivity contribution >= 4 is 23.2 Å². The van der Waals surface area contributed by atoms with E-state index in [-0.39, 0.29) is 17.7 Å². The minimum absolute atomic E-state index is 0.183. The van der Waals surface area contributed by atoms with E-state index in [1.807, 2.05) is 59.4 Å². The molecular formula is C23H21N5O2.